The van der Waals surface area contributed by atoms with Gasteiger partial charge in [0.2, 0.25) is 5.91 Å². The first kappa shape index (κ1) is 21.4. The molecule has 2 aromatic carbocycles. The molecule has 32 heavy (non-hydrogen) atoms. The number of urea groups is 1. The summed E-state index contributed by atoms with van der Waals surface area (Å²) in [5.74, 6) is -1.69. The number of hydrogen-bond donors (Lipinski definition) is 2. The quantitative estimate of drug-likeness (QED) is 0.454. The number of esters is 1. The van der Waals surface area contributed by atoms with Gasteiger partial charge < -0.3 is 15.4 Å². The van der Waals surface area contributed by atoms with E-state index < -0.39 is 35.9 Å². The van der Waals surface area contributed by atoms with Crippen LogP contribution in [0, 0.1) is 6.92 Å². The van der Waals surface area contributed by atoms with Crippen molar-refractivity contribution in [1.82, 2.24) is 15.2 Å². The summed E-state index contributed by atoms with van der Waals surface area (Å²) in [6, 6.07) is 12.6. The van der Waals surface area contributed by atoms with Crippen LogP contribution in [0.5, 0.6) is 0 Å². The van der Waals surface area contributed by atoms with E-state index in [1.165, 1.54) is 7.11 Å². The first-order valence-corrected chi connectivity index (χ1v) is 10.5. The highest BCUT2D eigenvalue weighted by molar-refractivity contribution is 7.17. The third kappa shape index (κ3) is 3.69. The number of benzene rings is 2. The van der Waals surface area contributed by atoms with Gasteiger partial charge in [0.15, 0.2) is 5.13 Å². The highest BCUT2D eigenvalue weighted by Gasteiger charge is 2.49. The Morgan fingerprint density at radius 3 is 2.62 bits per heavy atom. The second kappa shape index (κ2) is 8.04. The van der Waals surface area contributed by atoms with Crippen molar-refractivity contribution in [2.24, 2.45) is 0 Å². The van der Waals surface area contributed by atoms with Crippen LogP contribution in [0.25, 0.3) is 10.8 Å². The van der Waals surface area contributed by atoms with Gasteiger partial charge in [0.05, 0.1) is 12.8 Å². The van der Waals surface area contributed by atoms with Crippen LogP contribution in [0.15, 0.2) is 42.5 Å². The van der Waals surface area contributed by atoms with E-state index in [4.69, 9.17) is 0 Å². The predicted octanol–water partition coefficient (Wildman–Crippen LogP) is 2.80. The van der Waals surface area contributed by atoms with Gasteiger partial charge in [0.1, 0.15) is 17.0 Å². The van der Waals surface area contributed by atoms with E-state index in [9.17, 15) is 19.2 Å². The smallest absolute Gasteiger partial charge is 0.350 e. The predicted molar refractivity (Wildman–Crippen MR) is 118 cm³/mol. The number of aryl methyl sites for hydroxylation is 1. The Hall–Kier alpha value is -3.79. The molecule has 1 aromatic heterocycles. The van der Waals surface area contributed by atoms with Crippen molar-refractivity contribution in [2.45, 2.75) is 19.4 Å². The summed E-state index contributed by atoms with van der Waals surface area (Å²) in [6.07, 6.45) is 0. The molecule has 3 aromatic rings. The average Bonchev–Trinajstić information content (AvgIpc) is 3.24. The number of thiazole rings is 1. The van der Waals surface area contributed by atoms with Gasteiger partial charge in [-0.15, -0.1) is 0 Å². The third-order valence-corrected chi connectivity index (χ3v) is 6.37. The van der Waals surface area contributed by atoms with E-state index in [0.29, 0.717) is 11.3 Å². The van der Waals surface area contributed by atoms with Crippen LogP contribution < -0.4 is 10.6 Å². The molecular formula is C22H20N4O5S. The van der Waals surface area contributed by atoms with Gasteiger partial charge in [-0.3, -0.25) is 14.5 Å². The lowest BCUT2D eigenvalue weighted by Gasteiger charge is -2.22. The van der Waals surface area contributed by atoms with Crippen LogP contribution in [0.2, 0.25) is 0 Å². The number of nitrogens with one attached hydrogen (secondary N) is 2. The topological polar surface area (TPSA) is 118 Å². The zero-order chi connectivity index (χ0) is 23.0. The molecule has 0 spiro atoms. The summed E-state index contributed by atoms with van der Waals surface area (Å²) in [6.45, 7) is 2.74. The largest absolute Gasteiger partial charge is 0.465 e. The van der Waals surface area contributed by atoms with Crippen molar-refractivity contribution < 1.29 is 23.9 Å². The van der Waals surface area contributed by atoms with E-state index in [2.05, 4.69) is 20.4 Å². The monoisotopic (exact) mass is 452 g/mol. The van der Waals surface area contributed by atoms with Gasteiger partial charge in [-0.1, -0.05) is 47.7 Å². The lowest BCUT2D eigenvalue weighted by Crippen LogP contribution is -2.42. The number of carbonyl (C=O) groups is 4. The van der Waals surface area contributed by atoms with Crippen LogP contribution in [-0.2, 0) is 19.9 Å². The maximum atomic E-state index is 13.1. The molecule has 0 bridgehead atoms. The number of imide groups is 1. The zero-order valence-electron chi connectivity index (χ0n) is 17.6. The normalized spacial score (nSPS) is 18.0. The number of fused-ring (bicyclic) bond motifs is 1. The molecule has 1 unspecified atom stereocenters. The lowest BCUT2D eigenvalue weighted by atomic mass is 9.90. The number of nitrogens with zero attached hydrogens (tertiary/aromatic N) is 2. The number of methoxy groups -OCH3 is 1. The van der Waals surface area contributed by atoms with Crippen molar-refractivity contribution in [2.75, 3.05) is 19.0 Å². The molecular weight excluding hydrogens is 432 g/mol. The molecule has 1 aliphatic rings. The number of anilines is 1. The maximum Gasteiger partial charge on any atom is 0.350 e. The summed E-state index contributed by atoms with van der Waals surface area (Å²) in [5.41, 5.74) is -0.260. The van der Waals surface area contributed by atoms with Crippen LogP contribution in [0.1, 0.15) is 27.9 Å². The molecule has 0 radical (unpaired) electrons. The fraction of sp³-hybridized carbons (Fsp3) is 0.227. The number of amides is 4. The molecule has 0 aliphatic carbocycles. The molecule has 1 aliphatic heterocycles. The fourth-order valence-electron chi connectivity index (χ4n) is 3.57. The Kier molecular flexibility index (Phi) is 5.39. The van der Waals surface area contributed by atoms with Gasteiger partial charge in [-0.05, 0) is 36.2 Å². The van der Waals surface area contributed by atoms with Gasteiger partial charge in [0, 0.05) is 0 Å². The molecule has 2 N–H and O–H groups in total. The van der Waals surface area contributed by atoms with Gasteiger partial charge in [-0.25, -0.2) is 14.6 Å². The van der Waals surface area contributed by atoms with Crippen molar-refractivity contribution in [1.29, 1.82) is 0 Å². The van der Waals surface area contributed by atoms with E-state index in [0.717, 1.165) is 27.0 Å². The Bertz CT molecular complexity index is 1270. The molecule has 9 nitrogen and oxygen atoms in total. The summed E-state index contributed by atoms with van der Waals surface area (Å²) in [7, 11) is 1.25. The number of carbonyl (C=O) groups excluding carboxylic acids is 4. The SMILES string of the molecule is COC(=O)c1sc(NC(=O)CN2C(=O)NC(C)(c3ccc4ccccc4c3)C2=O)nc1C. The number of rotatable bonds is 5. The minimum absolute atomic E-state index is 0.178. The van der Waals surface area contributed by atoms with E-state index in [-0.39, 0.29) is 10.0 Å². The van der Waals surface area contributed by atoms with Crippen molar-refractivity contribution in [3.63, 3.8) is 0 Å². The number of ether oxygens (including phenoxy) is 1. The molecule has 2 heterocycles. The summed E-state index contributed by atoms with van der Waals surface area (Å²) < 4.78 is 4.68. The molecule has 10 heteroatoms. The standard InChI is InChI=1S/C22H20N4O5S/c1-12-17(18(28)31-3)32-20(23-12)24-16(27)11-26-19(29)22(2,25-21(26)30)15-9-8-13-6-4-5-7-14(13)10-15/h4-10H,11H2,1-3H3,(H,25,30)(H,23,24,27). The van der Waals surface area contributed by atoms with E-state index >= 15 is 0 Å². The highest BCUT2D eigenvalue weighted by Crippen LogP contribution is 2.31. The number of hydrogen-bond acceptors (Lipinski definition) is 7. The van der Waals surface area contributed by atoms with Gasteiger partial charge >= 0.3 is 12.0 Å². The molecule has 1 atom stereocenters. The fourth-order valence-corrected chi connectivity index (χ4v) is 4.47. The average molecular weight is 452 g/mol. The Balaban J connectivity index is 1.51. The summed E-state index contributed by atoms with van der Waals surface area (Å²) in [5, 5.41) is 7.35. The third-order valence-electron chi connectivity index (χ3n) is 5.32. The van der Waals surface area contributed by atoms with Crippen molar-refractivity contribution >= 4 is 51.1 Å². The van der Waals surface area contributed by atoms with Gasteiger partial charge in [0.25, 0.3) is 5.91 Å². The lowest BCUT2D eigenvalue weighted by molar-refractivity contribution is -0.133. The van der Waals surface area contributed by atoms with Crippen LogP contribution in [-0.4, -0.2) is 47.4 Å². The molecule has 164 valence electrons. The number of aromatic nitrogens is 1. The molecule has 1 saturated heterocycles. The first-order valence-electron chi connectivity index (χ1n) is 9.72. The maximum absolute atomic E-state index is 13.1. The Morgan fingerprint density at radius 2 is 1.91 bits per heavy atom. The first-order chi connectivity index (χ1) is 15.2. The molecule has 1 fully saturated rings. The molecule has 4 rings (SSSR count). The molecule has 4 amide bonds. The minimum Gasteiger partial charge on any atom is -0.465 e. The van der Waals surface area contributed by atoms with Crippen LogP contribution >= 0.6 is 11.3 Å². The second-order valence-corrected chi connectivity index (χ2v) is 8.48. The highest BCUT2D eigenvalue weighted by atomic mass is 32.1. The van der Waals surface area contributed by atoms with E-state index in [1.807, 2.05) is 36.4 Å². The van der Waals surface area contributed by atoms with E-state index in [1.54, 1.807) is 19.9 Å². The van der Waals surface area contributed by atoms with Crippen molar-refractivity contribution in [3.05, 3.63) is 58.6 Å². The summed E-state index contributed by atoms with van der Waals surface area (Å²) in [4.78, 5) is 55.2. The second-order valence-electron chi connectivity index (χ2n) is 7.48. The summed E-state index contributed by atoms with van der Waals surface area (Å²) >= 11 is 0.956. The Labute approximate surface area is 187 Å². The van der Waals surface area contributed by atoms with Crippen LogP contribution in [0.3, 0.4) is 0 Å². The zero-order valence-corrected chi connectivity index (χ0v) is 18.4. The van der Waals surface area contributed by atoms with Crippen molar-refractivity contribution in [3.8, 4) is 0 Å². The Morgan fingerprint density at radius 1 is 1.19 bits per heavy atom. The minimum atomic E-state index is -1.29. The molecule has 0 saturated carbocycles. The van der Waals surface area contributed by atoms with Crippen LogP contribution in [0.4, 0.5) is 9.93 Å². The van der Waals surface area contributed by atoms with Gasteiger partial charge in [-0.2, -0.15) is 0 Å².